The number of carbonyl (C=O) groups excluding carboxylic acids is 2. The summed E-state index contributed by atoms with van der Waals surface area (Å²) in [4.78, 5) is 24.3. The van der Waals surface area contributed by atoms with Crippen LogP contribution in [-0.2, 0) is 9.59 Å². The number of hydrogen-bond acceptors (Lipinski definition) is 2. The number of nitrogens with zero attached hydrogens (tertiary/aromatic N) is 1. The van der Waals surface area contributed by atoms with Gasteiger partial charge in [0.2, 0.25) is 5.91 Å². The molecular formula is C12H19NO2. The number of aldehydes is 1. The van der Waals surface area contributed by atoms with Gasteiger partial charge in [0.1, 0.15) is 6.29 Å². The van der Waals surface area contributed by atoms with Crippen LogP contribution in [0.15, 0.2) is 11.6 Å². The van der Waals surface area contributed by atoms with Gasteiger partial charge in [-0.2, -0.15) is 0 Å². The maximum Gasteiger partial charge on any atom is 0.220 e. The molecule has 0 unspecified atom stereocenters. The maximum absolute atomic E-state index is 11.6. The summed E-state index contributed by atoms with van der Waals surface area (Å²) in [5.41, 5.74) is 0.104. The van der Waals surface area contributed by atoms with E-state index in [9.17, 15) is 9.59 Å². The molecule has 84 valence electrons. The van der Waals surface area contributed by atoms with Crippen LogP contribution in [0.4, 0.5) is 0 Å². The largest absolute Gasteiger partial charge is 0.329 e. The molecular weight excluding hydrogens is 190 g/mol. The zero-order valence-corrected chi connectivity index (χ0v) is 10.1. The van der Waals surface area contributed by atoms with Crippen LogP contribution in [0, 0.1) is 0 Å². The third kappa shape index (κ3) is 2.11. The molecule has 0 N–H and O–H groups in total. The van der Waals surface area contributed by atoms with E-state index in [0.29, 0.717) is 6.42 Å². The van der Waals surface area contributed by atoms with E-state index in [1.165, 1.54) is 0 Å². The van der Waals surface area contributed by atoms with Gasteiger partial charge in [0.05, 0.1) is 5.54 Å². The maximum atomic E-state index is 11.6. The van der Waals surface area contributed by atoms with E-state index in [1.54, 1.807) is 6.92 Å². The molecule has 0 spiro atoms. The molecule has 0 radical (unpaired) electrons. The van der Waals surface area contributed by atoms with Crippen molar-refractivity contribution >= 4 is 12.2 Å². The van der Waals surface area contributed by atoms with Gasteiger partial charge in [-0.3, -0.25) is 9.59 Å². The molecule has 1 amide bonds. The predicted octanol–water partition coefficient (Wildman–Crippen LogP) is 1.92. The van der Waals surface area contributed by atoms with Gasteiger partial charge in [-0.1, -0.05) is 6.08 Å². The van der Waals surface area contributed by atoms with Gasteiger partial charge in [0, 0.05) is 12.5 Å². The Labute approximate surface area is 91.1 Å². The molecule has 1 rings (SSSR count). The van der Waals surface area contributed by atoms with E-state index in [1.807, 2.05) is 38.7 Å². The third-order valence-corrected chi connectivity index (χ3v) is 2.82. The predicted molar refractivity (Wildman–Crippen MR) is 59.4 cm³/mol. The van der Waals surface area contributed by atoms with Crippen LogP contribution in [0.2, 0.25) is 0 Å². The molecule has 0 atom stereocenters. The van der Waals surface area contributed by atoms with Crippen LogP contribution in [0.1, 0.15) is 41.0 Å². The lowest BCUT2D eigenvalue weighted by Gasteiger charge is -2.50. The zero-order chi connectivity index (χ0) is 11.9. The van der Waals surface area contributed by atoms with E-state index in [2.05, 4.69) is 0 Å². The summed E-state index contributed by atoms with van der Waals surface area (Å²) in [5.74, 6) is 0.0474. The van der Waals surface area contributed by atoms with Crippen LogP contribution in [-0.4, -0.2) is 28.2 Å². The Kier molecular flexibility index (Phi) is 2.77. The van der Waals surface area contributed by atoms with Crippen molar-refractivity contribution in [1.82, 2.24) is 4.90 Å². The van der Waals surface area contributed by atoms with Crippen molar-refractivity contribution in [3.05, 3.63) is 11.6 Å². The molecule has 0 aromatic rings. The summed E-state index contributed by atoms with van der Waals surface area (Å²) in [6, 6.07) is 0. The topological polar surface area (TPSA) is 37.4 Å². The van der Waals surface area contributed by atoms with E-state index in [-0.39, 0.29) is 17.0 Å². The number of amides is 1. The summed E-state index contributed by atoms with van der Waals surface area (Å²) in [6.45, 7) is 9.47. The molecule has 3 heteroatoms. The summed E-state index contributed by atoms with van der Waals surface area (Å²) in [7, 11) is 0. The van der Waals surface area contributed by atoms with E-state index in [0.717, 1.165) is 11.9 Å². The van der Waals surface area contributed by atoms with Crippen molar-refractivity contribution in [2.24, 2.45) is 0 Å². The summed E-state index contributed by atoms with van der Waals surface area (Å²) < 4.78 is 0. The van der Waals surface area contributed by atoms with Crippen molar-refractivity contribution in [3.63, 3.8) is 0 Å². The first-order valence-corrected chi connectivity index (χ1v) is 5.18. The normalized spacial score (nSPS) is 23.3. The third-order valence-electron chi connectivity index (χ3n) is 2.82. The van der Waals surface area contributed by atoms with E-state index < -0.39 is 0 Å². The Morgan fingerprint density at radius 1 is 1.40 bits per heavy atom. The molecule has 0 bridgehead atoms. The fourth-order valence-electron chi connectivity index (χ4n) is 2.84. The number of hydrogen-bond donors (Lipinski definition) is 0. The lowest BCUT2D eigenvalue weighted by atomic mass is 9.81. The Morgan fingerprint density at radius 3 is 2.27 bits per heavy atom. The fraction of sp³-hybridized carbons (Fsp3) is 0.667. The van der Waals surface area contributed by atoms with Crippen molar-refractivity contribution in [2.75, 3.05) is 0 Å². The standard InChI is InChI=1S/C12H19NO2/c1-9(15)13-11(2,3)6-10(8-14)7-12(13,4)5/h6,8H,7H2,1-5H3. The highest BCUT2D eigenvalue weighted by molar-refractivity contribution is 5.79. The monoisotopic (exact) mass is 209 g/mol. The van der Waals surface area contributed by atoms with E-state index >= 15 is 0 Å². The lowest BCUT2D eigenvalue weighted by molar-refractivity contribution is -0.140. The minimum Gasteiger partial charge on any atom is -0.329 e. The van der Waals surface area contributed by atoms with Crippen molar-refractivity contribution in [3.8, 4) is 0 Å². The number of rotatable bonds is 1. The zero-order valence-electron chi connectivity index (χ0n) is 10.1. The first-order chi connectivity index (χ1) is 6.70. The Hall–Kier alpha value is -1.12. The van der Waals surface area contributed by atoms with Gasteiger partial charge in [-0.15, -0.1) is 0 Å². The molecule has 0 saturated heterocycles. The number of carbonyl (C=O) groups is 2. The molecule has 0 aromatic carbocycles. The summed E-state index contributed by atoms with van der Waals surface area (Å²) in [5, 5.41) is 0. The van der Waals surface area contributed by atoms with E-state index in [4.69, 9.17) is 0 Å². The smallest absolute Gasteiger partial charge is 0.220 e. The van der Waals surface area contributed by atoms with Crippen LogP contribution in [0.5, 0.6) is 0 Å². The Bertz CT molecular complexity index is 327. The van der Waals surface area contributed by atoms with Crippen LogP contribution >= 0.6 is 0 Å². The summed E-state index contributed by atoms with van der Waals surface area (Å²) in [6.07, 6.45) is 3.40. The second-order valence-electron chi connectivity index (χ2n) is 5.33. The van der Waals surface area contributed by atoms with Crippen LogP contribution in [0.3, 0.4) is 0 Å². The minimum absolute atomic E-state index is 0.0474. The second kappa shape index (κ2) is 3.47. The van der Waals surface area contributed by atoms with Crippen molar-refractivity contribution in [1.29, 1.82) is 0 Å². The molecule has 0 aromatic heterocycles. The van der Waals surface area contributed by atoms with Gasteiger partial charge in [-0.25, -0.2) is 0 Å². The minimum atomic E-state index is -0.385. The highest BCUT2D eigenvalue weighted by Gasteiger charge is 2.42. The highest BCUT2D eigenvalue weighted by Crippen LogP contribution is 2.36. The van der Waals surface area contributed by atoms with Crippen molar-refractivity contribution in [2.45, 2.75) is 52.1 Å². The van der Waals surface area contributed by atoms with Crippen LogP contribution < -0.4 is 0 Å². The van der Waals surface area contributed by atoms with Crippen molar-refractivity contribution < 1.29 is 9.59 Å². The Morgan fingerprint density at radius 2 is 1.93 bits per heavy atom. The van der Waals surface area contributed by atoms with Gasteiger partial charge >= 0.3 is 0 Å². The molecule has 0 fully saturated rings. The fourth-order valence-corrected chi connectivity index (χ4v) is 2.84. The average Bonchev–Trinajstić information content (AvgIpc) is 1.97. The molecule has 1 heterocycles. The average molecular weight is 209 g/mol. The van der Waals surface area contributed by atoms with Crippen LogP contribution in [0.25, 0.3) is 0 Å². The SMILES string of the molecule is CC(=O)N1C(C)(C)C=C(C=O)CC1(C)C. The van der Waals surface area contributed by atoms with Gasteiger partial charge in [-0.05, 0) is 39.7 Å². The molecule has 15 heavy (non-hydrogen) atoms. The first kappa shape index (κ1) is 12.0. The molecule has 1 aliphatic rings. The molecule has 3 nitrogen and oxygen atoms in total. The quantitative estimate of drug-likeness (QED) is 0.619. The molecule has 0 aliphatic carbocycles. The molecule has 0 saturated carbocycles. The van der Waals surface area contributed by atoms with Gasteiger partial charge in [0.15, 0.2) is 0 Å². The highest BCUT2D eigenvalue weighted by atomic mass is 16.2. The molecule has 1 aliphatic heterocycles. The summed E-state index contributed by atoms with van der Waals surface area (Å²) >= 11 is 0. The first-order valence-electron chi connectivity index (χ1n) is 5.18. The van der Waals surface area contributed by atoms with Gasteiger partial charge < -0.3 is 4.90 Å². The lowest BCUT2D eigenvalue weighted by Crippen LogP contribution is -2.59. The second-order valence-corrected chi connectivity index (χ2v) is 5.33. The van der Waals surface area contributed by atoms with Gasteiger partial charge in [0.25, 0.3) is 0 Å². The Balaban J connectivity index is 3.23.